The predicted molar refractivity (Wildman–Crippen MR) is 124 cm³/mol. The third kappa shape index (κ3) is 4.06. The first kappa shape index (κ1) is 21.1. The lowest BCUT2D eigenvalue weighted by Gasteiger charge is -2.08. The molecule has 0 aliphatic rings. The molecule has 4 rings (SSSR count). The second-order valence-electron chi connectivity index (χ2n) is 6.72. The zero-order chi connectivity index (χ0) is 22.1. The fourth-order valence-corrected chi connectivity index (χ4v) is 5.06. The van der Waals surface area contributed by atoms with Crippen LogP contribution in [0.25, 0.3) is 32.3 Å². The quantitative estimate of drug-likeness (QED) is 0.397. The van der Waals surface area contributed by atoms with E-state index in [1.165, 1.54) is 18.3 Å². The average molecular weight is 468 g/mol. The zero-order valence-corrected chi connectivity index (χ0v) is 18.8. The summed E-state index contributed by atoms with van der Waals surface area (Å²) in [4.78, 5) is 21.6. The summed E-state index contributed by atoms with van der Waals surface area (Å²) in [6.45, 7) is 1.42. The van der Waals surface area contributed by atoms with Gasteiger partial charge in [-0.15, -0.1) is 11.3 Å². The van der Waals surface area contributed by atoms with Gasteiger partial charge in [0.1, 0.15) is 17.7 Å². The lowest BCUT2D eigenvalue weighted by Crippen LogP contribution is -2.07. The summed E-state index contributed by atoms with van der Waals surface area (Å²) < 4.78 is 1.89. The van der Waals surface area contributed by atoms with Crippen molar-refractivity contribution < 1.29 is 4.79 Å². The molecule has 154 valence electrons. The molecule has 0 fully saturated rings. The highest BCUT2D eigenvalue weighted by atomic mass is 35.5. The largest absolute Gasteiger partial charge is 0.333 e. The van der Waals surface area contributed by atoms with Gasteiger partial charge in [0.2, 0.25) is 5.91 Å². The van der Waals surface area contributed by atoms with Gasteiger partial charge in [0.15, 0.2) is 0 Å². The SMILES string of the molecule is CC(=O)Nc1cc(-c2sc(-c3nccn3C)c(-c3ccc(Cl)cc3Cl)c2C#N)ccn1. The molecule has 0 atom stereocenters. The smallest absolute Gasteiger partial charge is 0.222 e. The molecule has 0 unspecified atom stereocenters. The Kier molecular flexibility index (Phi) is 5.79. The first-order chi connectivity index (χ1) is 14.9. The standard InChI is InChI=1S/C22H15Cl2N5OS/c1-12(30)28-18-9-13(5-6-26-18)20-16(11-25)19(15-4-3-14(23)10-17(15)24)21(31-20)22-27-7-8-29(22)2/h3-10H,1-2H3,(H,26,28,30). The molecule has 0 bridgehead atoms. The Morgan fingerprint density at radius 3 is 2.61 bits per heavy atom. The number of halogens is 2. The van der Waals surface area contributed by atoms with Crippen molar-refractivity contribution in [1.29, 1.82) is 5.26 Å². The molecule has 1 aromatic carbocycles. The topological polar surface area (TPSA) is 83.6 Å². The molecular formula is C22H15Cl2N5OS. The van der Waals surface area contributed by atoms with Crippen molar-refractivity contribution in [3.63, 3.8) is 0 Å². The molecule has 0 radical (unpaired) electrons. The molecule has 3 aromatic heterocycles. The molecule has 0 aliphatic heterocycles. The number of pyridine rings is 1. The van der Waals surface area contributed by atoms with Gasteiger partial charge in [0.05, 0.1) is 15.3 Å². The van der Waals surface area contributed by atoms with Crippen molar-refractivity contribution in [3.8, 4) is 38.3 Å². The Labute approximate surface area is 192 Å². The highest BCUT2D eigenvalue weighted by Gasteiger charge is 2.25. The summed E-state index contributed by atoms with van der Waals surface area (Å²) in [5, 5.41) is 13.8. The number of nitriles is 1. The van der Waals surface area contributed by atoms with E-state index in [0.717, 1.165) is 15.3 Å². The van der Waals surface area contributed by atoms with E-state index in [9.17, 15) is 10.1 Å². The Morgan fingerprint density at radius 2 is 1.97 bits per heavy atom. The normalized spacial score (nSPS) is 10.7. The van der Waals surface area contributed by atoms with Crippen LogP contribution in [0.15, 0.2) is 48.9 Å². The van der Waals surface area contributed by atoms with Crippen LogP contribution in [-0.2, 0) is 11.8 Å². The summed E-state index contributed by atoms with van der Waals surface area (Å²) in [6, 6.07) is 11.1. The Bertz CT molecular complexity index is 1350. The van der Waals surface area contributed by atoms with E-state index >= 15 is 0 Å². The number of imidazole rings is 1. The highest BCUT2D eigenvalue weighted by Crippen LogP contribution is 2.48. The summed E-state index contributed by atoms with van der Waals surface area (Å²) in [7, 11) is 1.89. The third-order valence-electron chi connectivity index (χ3n) is 4.57. The molecule has 0 saturated heterocycles. The fraction of sp³-hybridized carbons (Fsp3) is 0.0909. The molecule has 31 heavy (non-hydrogen) atoms. The second kappa shape index (κ2) is 8.52. The van der Waals surface area contributed by atoms with Gasteiger partial charge < -0.3 is 9.88 Å². The van der Waals surface area contributed by atoms with Gasteiger partial charge in [-0.05, 0) is 29.8 Å². The second-order valence-corrected chi connectivity index (χ2v) is 8.58. The number of carbonyl (C=O) groups is 1. The molecule has 0 aliphatic carbocycles. The number of hydrogen-bond donors (Lipinski definition) is 1. The van der Waals surface area contributed by atoms with Crippen LogP contribution >= 0.6 is 34.5 Å². The molecule has 4 aromatic rings. The molecule has 1 N–H and O–H groups in total. The van der Waals surface area contributed by atoms with Crippen molar-refractivity contribution in [2.45, 2.75) is 6.92 Å². The van der Waals surface area contributed by atoms with Gasteiger partial charge in [-0.3, -0.25) is 4.79 Å². The predicted octanol–water partition coefficient (Wildman–Crippen LogP) is 6.01. The molecule has 0 spiro atoms. The minimum Gasteiger partial charge on any atom is -0.333 e. The van der Waals surface area contributed by atoms with Gasteiger partial charge in [-0.1, -0.05) is 29.3 Å². The molecule has 3 heterocycles. The van der Waals surface area contributed by atoms with Crippen LogP contribution in [0.5, 0.6) is 0 Å². The maximum Gasteiger partial charge on any atom is 0.222 e. The van der Waals surface area contributed by atoms with Crippen LogP contribution in [0.4, 0.5) is 5.82 Å². The van der Waals surface area contributed by atoms with Crippen molar-refractivity contribution in [2.24, 2.45) is 7.05 Å². The maximum atomic E-state index is 11.4. The lowest BCUT2D eigenvalue weighted by atomic mass is 9.98. The Morgan fingerprint density at radius 1 is 1.16 bits per heavy atom. The number of nitrogens with zero attached hydrogens (tertiary/aromatic N) is 4. The number of hydrogen-bond acceptors (Lipinski definition) is 5. The monoisotopic (exact) mass is 467 g/mol. The summed E-state index contributed by atoms with van der Waals surface area (Å²) in [5.74, 6) is 0.899. The zero-order valence-electron chi connectivity index (χ0n) is 16.5. The minimum absolute atomic E-state index is 0.223. The van der Waals surface area contributed by atoms with E-state index in [2.05, 4.69) is 21.4 Å². The van der Waals surface area contributed by atoms with Crippen LogP contribution in [0.2, 0.25) is 10.0 Å². The number of anilines is 1. The number of aryl methyl sites for hydroxylation is 1. The van der Waals surface area contributed by atoms with E-state index in [-0.39, 0.29) is 5.91 Å². The molecular weight excluding hydrogens is 453 g/mol. The van der Waals surface area contributed by atoms with Crippen LogP contribution in [0.1, 0.15) is 12.5 Å². The van der Waals surface area contributed by atoms with E-state index in [4.69, 9.17) is 23.2 Å². The average Bonchev–Trinajstić information content (AvgIpc) is 3.30. The molecule has 6 nitrogen and oxygen atoms in total. The maximum absolute atomic E-state index is 11.4. The van der Waals surface area contributed by atoms with Gasteiger partial charge >= 0.3 is 0 Å². The summed E-state index contributed by atoms with van der Waals surface area (Å²) in [6.07, 6.45) is 5.14. The van der Waals surface area contributed by atoms with Crippen LogP contribution in [0, 0.1) is 11.3 Å². The Balaban J connectivity index is 2.01. The van der Waals surface area contributed by atoms with E-state index in [1.54, 1.807) is 42.7 Å². The van der Waals surface area contributed by atoms with Crippen molar-refractivity contribution in [2.75, 3.05) is 5.32 Å². The highest BCUT2D eigenvalue weighted by molar-refractivity contribution is 7.19. The first-order valence-electron chi connectivity index (χ1n) is 9.13. The number of amides is 1. The van der Waals surface area contributed by atoms with Crippen LogP contribution in [-0.4, -0.2) is 20.4 Å². The van der Waals surface area contributed by atoms with Crippen molar-refractivity contribution >= 4 is 46.3 Å². The van der Waals surface area contributed by atoms with Crippen LogP contribution < -0.4 is 5.32 Å². The summed E-state index contributed by atoms with van der Waals surface area (Å²) >= 11 is 14.1. The summed E-state index contributed by atoms with van der Waals surface area (Å²) in [5.41, 5.74) is 2.61. The number of rotatable bonds is 4. The van der Waals surface area contributed by atoms with Crippen molar-refractivity contribution in [3.05, 3.63) is 64.5 Å². The van der Waals surface area contributed by atoms with Gasteiger partial charge in [0, 0.05) is 53.7 Å². The lowest BCUT2D eigenvalue weighted by molar-refractivity contribution is -0.114. The number of thiophene rings is 1. The minimum atomic E-state index is -0.223. The Hall–Kier alpha value is -3.18. The molecule has 0 saturated carbocycles. The number of aromatic nitrogens is 3. The fourth-order valence-electron chi connectivity index (χ4n) is 3.25. The van der Waals surface area contributed by atoms with E-state index < -0.39 is 0 Å². The first-order valence-corrected chi connectivity index (χ1v) is 10.7. The number of nitrogens with one attached hydrogen (secondary N) is 1. The van der Waals surface area contributed by atoms with Gasteiger partial charge in [-0.2, -0.15) is 5.26 Å². The molecule has 9 heteroatoms. The van der Waals surface area contributed by atoms with Crippen molar-refractivity contribution in [1.82, 2.24) is 14.5 Å². The van der Waals surface area contributed by atoms with Crippen LogP contribution in [0.3, 0.4) is 0 Å². The number of carbonyl (C=O) groups excluding carboxylic acids is 1. The third-order valence-corrected chi connectivity index (χ3v) is 6.35. The van der Waals surface area contributed by atoms with Gasteiger partial charge in [0.25, 0.3) is 0 Å². The van der Waals surface area contributed by atoms with E-state index in [1.807, 2.05) is 17.8 Å². The van der Waals surface area contributed by atoms with E-state index in [0.29, 0.717) is 38.4 Å². The number of benzene rings is 1. The van der Waals surface area contributed by atoms with Gasteiger partial charge in [-0.25, -0.2) is 9.97 Å². The molecule has 1 amide bonds.